The number of hydrogen-bond acceptors (Lipinski definition) is 3. The van der Waals surface area contributed by atoms with E-state index in [0.717, 1.165) is 22.6 Å². The van der Waals surface area contributed by atoms with Gasteiger partial charge in [-0.2, -0.15) is 5.10 Å². The van der Waals surface area contributed by atoms with E-state index in [9.17, 15) is 4.79 Å². The van der Waals surface area contributed by atoms with E-state index in [-0.39, 0.29) is 5.41 Å². The number of ether oxygens (including phenoxy) is 1. The third-order valence-corrected chi connectivity index (χ3v) is 5.19. The smallest absolute Gasteiger partial charge is 0.339 e. The molecule has 0 bridgehead atoms. The third-order valence-electron chi connectivity index (χ3n) is 5.19. The number of nitrogens with one attached hydrogen (secondary N) is 2. The Morgan fingerprint density at radius 3 is 2.39 bits per heavy atom. The van der Waals surface area contributed by atoms with Crippen molar-refractivity contribution in [1.29, 1.82) is 0 Å². The van der Waals surface area contributed by atoms with Crippen LogP contribution in [0, 0.1) is 13.8 Å². The number of aryl methyl sites for hydroxylation is 1. The minimum absolute atomic E-state index is 0.118. The van der Waals surface area contributed by atoms with Gasteiger partial charge in [0.05, 0.1) is 19.0 Å². The molecule has 0 aliphatic rings. The molecule has 6 heteroatoms. The fourth-order valence-electron chi connectivity index (χ4n) is 3.48. The van der Waals surface area contributed by atoms with E-state index in [2.05, 4.69) is 78.4 Å². The monoisotopic (exact) mass is 418 g/mol. The van der Waals surface area contributed by atoms with Gasteiger partial charge in [0, 0.05) is 22.6 Å². The number of para-hydroxylation sites is 2. The molecule has 0 radical (unpaired) electrons. The second-order valence-corrected chi connectivity index (χ2v) is 8.48. The van der Waals surface area contributed by atoms with Gasteiger partial charge in [0.25, 0.3) is 0 Å². The van der Waals surface area contributed by atoms with Gasteiger partial charge in [0.15, 0.2) is 0 Å². The normalized spacial score (nSPS) is 11.5. The summed E-state index contributed by atoms with van der Waals surface area (Å²) in [4.78, 5) is 12.2. The number of amides is 2. The molecule has 2 aromatic carbocycles. The number of methoxy groups -OCH3 is 1. The molecule has 162 valence electrons. The summed E-state index contributed by atoms with van der Waals surface area (Å²) >= 11 is 0. The van der Waals surface area contributed by atoms with Gasteiger partial charge < -0.3 is 14.6 Å². The van der Waals surface area contributed by atoms with Crippen molar-refractivity contribution < 1.29 is 9.53 Å². The van der Waals surface area contributed by atoms with E-state index >= 15 is 0 Å². The van der Waals surface area contributed by atoms with Crippen LogP contribution in [0.25, 0.3) is 5.69 Å². The summed E-state index contributed by atoms with van der Waals surface area (Å²) in [6.45, 7) is 10.7. The Bertz CT molecular complexity index is 1090. The van der Waals surface area contributed by atoms with Crippen LogP contribution >= 0.6 is 0 Å². The van der Waals surface area contributed by atoms with Crippen molar-refractivity contribution in [2.24, 2.45) is 5.10 Å². The Hall–Kier alpha value is -3.54. The summed E-state index contributed by atoms with van der Waals surface area (Å²) in [5.41, 5.74) is 8.69. The SMILES string of the molecule is COc1ccccc1NC(=O)N/N=C/c1cc(C)n(-c2ccc(C(C)(C)C)cc2)c1C. The molecular weight excluding hydrogens is 388 g/mol. The first kappa shape index (κ1) is 22.2. The number of nitrogens with zero attached hydrogens (tertiary/aromatic N) is 2. The van der Waals surface area contributed by atoms with Gasteiger partial charge in [0.1, 0.15) is 5.75 Å². The quantitative estimate of drug-likeness (QED) is 0.421. The van der Waals surface area contributed by atoms with E-state index < -0.39 is 6.03 Å². The van der Waals surface area contributed by atoms with Crippen molar-refractivity contribution in [1.82, 2.24) is 9.99 Å². The minimum Gasteiger partial charge on any atom is -0.495 e. The molecule has 6 nitrogen and oxygen atoms in total. The van der Waals surface area contributed by atoms with Crippen molar-refractivity contribution in [2.45, 2.75) is 40.0 Å². The highest BCUT2D eigenvalue weighted by molar-refractivity contribution is 5.92. The topological polar surface area (TPSA) is 67.7 Å². The zero-order valence-corrected chi connectivity index (χ0v) is 19.0. The Morgan fingerprint density at radius 1 is 1.06 bits per heavy atom. The fraction of sp³-hybridized carbons (Fsp3) is 0.280. The zero-order chi connectivity index (χ0) is 22.6. The maximum absolute atomic E-state index is 12.2. The molecule has 0 aliphatic heterocycles. The molecule has 0 saturated heterocycles. The second-order valence-electron chi connectivity index (χ2n) is 8.48. The lowest BCUT2D eigenvalue weighted by Gasteiger charge is -2.20. The standard InChI is InChI=1S/C25H30N4O2/c1-17-15-19(16-26-28-24(30)27-22-9-7-8-10-23(22)31-6)18(2)29(17)21-13-11-20(12-14-21)25(3,4)5/h7-16H,1-6H3,(H2,27,28,30)/b26-16+. The number of anilines is 1. The van der Waals surface area contributed by atoms with Crippen LogP contribution in [0.2, 0.25) is 0 Å². The minimum atomic E-state index is -0.438. The number of carbonyl (C=O) groups is 1. The molecule has 1 heterocycles. The Labute approximate surface area is 183 Å². The van der Waals surface area contributed by atoms with Gasteiger partial charge in [-0.25, -0.2) is 10.2 Å². The van der Waals surface area contributed by atoms with Crippen LogP contribution < -0.4 is 15.5 Å². The first-order valence-corrected chi connectivity index (χ1v) is 10.2. The number of hydrogen-bond donors (Lipinski definition) is 2. The lowest BCUT2D eigenvalue weighted by Crippen LogP contribution is -2.24. The maximum atomic E-state index is 12.2. The number of urea groups is 1. The molecule has 0 unspecified atom stereocenters. The van der Waals surface area contributed by atoms with Crippen LogP contribution in [0.3, 0.4) is 0 Å². The lowest BCUT2D eigenvalue weighted by molar-refractivity contribution is 0.252. The molecule has 2 N–H and O–H groups in total. The largest absolute Gasteiger partial charge is 0.495 e. The Balaban J connectivity index is 1.72. The molecule has 0 atom stereocenters. The molecule has 31 heavy (non-hydrogen) atoms. The number of rotatable bonds is 5. The van der Waals surface area contributed by atoms with Crippen LogP contribution in [0.5, 0.6) is 5.75 Å². The van der Waals surface area contributed by atoms with Gasteiger partial charge in [0.2, 0.25) is 0 Å². The third kappa shape index (κ3) is 5.15. The van der Waals surface area contributed by atoms with Gasteiger partial charge in [-0.3, -0.25) is 0 Å². The van der Waals surface area contributed by atoms with Crippen molar-refractivity contribution in [2.75, 3.05) is 12.4 Å². The van der Waals surface area contributed by atoms with Crippen LogP contribution in [-0.2, 0) is 5.41 Å². The highest BCUT2D eigenvalue weighted by atomic mass is 16.5. The van der Waals surface area contributed by atoms with Crippen LogP contribution in [0.4, 0.5) is 10.5 Å². The molecule has 0 aliphatic carbocycles. The van der Waals surface area contributed by atoms with Gasteiger partial charge in [-0.05, 0) is 55.2 Å². The fourth-order valence-corrected chi connectivity index (χ4v) is 3.48. The molecule has 0 spiro atoms. The Kier molecular flexibility index (Phi) is 6.49. The predicted molar refractivity (Wildman–Crippen MR) is 127 cm³/mol. The average molecular weight is 419 g/mol. The summed E-state index contributed by atoms with van der Waals surface area (Å²) in [5, 5.41) is 6.84. The van der Waals surface area contributed by atoms with Crippen LogP contribution in [0.15, 0.2) is 59.7 Å². The maximum Gasteiger partial charge on any atom is 0.339 e. The molecule has 3 aromatic rings. The number of hydrazone groups is 1. The summed E-state index contributed by atoms with van der Waals surface area (Å²) in [6, 6.07) is 17.4. The van der Waals surface area contributed by atoms with Gasteiger partial charge >= 0.3 is 6.03 Å². The first-order chi connectivity index (χ1) is 14.7. The summed E-state index contributed by atoms with van der Waals surface area (Å²) in [7, 11) is 1.56. The second kappa shape index (κ2) is 9.08. The highest BCUT2D eigenvalue weighted by Gasteiger charge is 2.15. The van der Waals surface area contributed by atoms with E-state index in [4.69, 9.17) is 4.74 Å². The van der Waals surface area contributed by atoms with Crippen molar-refractivity contribution in [3.63, 3.8) is 0 Å². The summed E-state index contributed by atoms with van der Waals surface area (Å²) in [6.07, 6.45) is 1.66. The molecule has 3 rings (SSSR count). The summed E-state index contributed by atoms with van der Waals surface area (Å²) < 4.78 is 7.42. The number of carbonyl (C=O) groups excluding carboxylic acids is 1. The van der Waals surface area contributed by atoms with E-state index in [1.54, 1.807) is 25.5 Å². The van der Waals surface area contributed by atoms with Gasteiger partial charge in [-0.1, -0.05) is 45.0 Å². The molecular formula is C25H30N4O2. The summed E-state index contributed by atoms with van der Waals surface area (Å²) in [5.74, 6) is 0.586. The van der Waals surface area contributed by atoms with Crippen LogP contribution in [-0.4, -0.2) is 23.9 Å². The number of aromatic nitrogens is 1. The average Bonchev–Trinajstić information content (AvgIpc) is 3.01. The predicted octanol–water partition coefficient (Wildman–Crippen LogP) is 5.56. The van der Waals surface area contributed by atoms with E-state index in [0.29, 0.717) is 11.4 Å². The van der Waals surface area contributed by atoms with Crippen LogP contribution in [0.1, 0.15) is 43.3 Å². The lowest BCUT2D eigenvalue weighted by atomic mass is 9.87. The highest BCUT2D eigenvalue weighted by Crippen LogP contribution is 2.26. The molecule has 0 saturated carbocycles. The first-order valence-electron chi connectivity index (χ1n) is 10.2. The van der Waals surface area contributed by atoms with E-state index in [1.807, 2.05) is 19.1 Å². The van der Waals surface area contributed by atoms with Crippen molar-refractivity contribution >= 4 is 17.9 Å². The Morgan fingerprint density at radius 2 is 1.74 bits per heavy atom. The molecule has 2 amide bonds. The van der Waals surface area contributed by atoms with E-state index in [1.165, 1.54) is 5.56 Å². The molecule has 1 aromatic heterocycles. The zero-order valence-electron chi connectivity index (χ0n) is 19.0. The van der Waals surface area contributed by atoms with Crippen molar-refractivity contribution in [3.05, 3.63) is 77.1 Å². The van der Waals surface area contributed by atoms with Crippen molar-refractivity contribution in [3.8, 4) is 11.4 Å². The number of benzene rings is 2. The molecule has 0 fully saturated rings. The van der Waals surface area contributed by atoms with Gasteiger partial charge in [-0.15, -0.1) is 0 Å².